The predicted octanol–water partition coefficient (Wildman–Crippen LogP) is 5.99. The van der Waals surface area contributed by atoms with Crippen LogP contribution in [0.25, 0.3) is 0 Å². The quantitative estimate of drug-likeness (QED) is 0.533. The molecule has 30 heavy (non-hydrogen) atoms. The Morgan fingerprint density at radius 1 is 1.17 bits per heavy atom. The van der Waals surface area contributed by atoms with Gasteiger partial charge in [0.2, 0.25) is 11.8 Å². The van der Waals surface area contributed by atoms with Gasteiger partial charge in [0.1, 0.15) is 5.25 Å². The van der Waals surface area contributed by atoms with Crippen LogP contribution in [0, 0.1) is 0 Å². The number of halogens is 4. The van der Waals surface area contributed by atoms with Crippen molar-refractivity contribution in [2.24, 2.45) is 4.99 Å². The van der Waals surface area contributed by atoms with Gasteiger partial charge in [-0.3, -0.25) is 14.5 Å². The molecule has 0 aliphatic carbocycles. The van der Waals surface area contributed by atoms with Crippen LogP contribution in [0.2, 0.25) is 20.1 Å². The van der Waals surface area contributed by atoms with Crippen molar-refractivity contribution in [1.29, 1.82) is 0 Å². The van der Waals surface area contributed by atoms with Crippen LogP contribution in [-0.2, 0) is 9.59 Å². The maximum Gasteiger partial charge on any atom is 0.238 e. The number of anilines is 1. The van der Waals surface area contributed by atoms with Crippen LogP contribution >= 0.6 is 58.2 Å². The van der Waals surface area contributed by atoms with E-state index in [4.69, 9.17) is 46.4 Å². The van der Waals surface area contributed by atoms with E-state index in [2.05, 4.69) is 10.3 Å². The minimum Gasteiger partial charge on any atom is -0.505 e. The lowest BCUT2D eigenvalue weighted by Crippen LogP contribution is -2.45. The van der Waals surface area contributed by atoms with Crippen molar-refractivity contribution in [3.63, 3.8) is 0 Å². The molecule has 1 aliphatic heterocycles. The Hall–Kier alpha value is -1.64. The molecule has 11 heteroatoms. The van der Waals surface area contributed by atoms with Gasteiger partial charge in [0.15, 0.2) is 10.9 Å². The lowest BCUT2D eigenvalue weighted by atomic mass is 10.2. The van der Waals surface area contributed by atoms with Gasteiger partial charge in [-0.1, -0.05) is 58.2 Å². The number of hydrogen-bond acceptors (Lipinski definition) is 5. The van der Waals surface area contributed by atoms with Crippen molar-refractivity contribution >= 4 is 86.5 Å². The number of carbonyl (C=O) groups excluding carboxylic acids is 2. The smallest absolute Gasteiger partial charge is 0.238 e. The minimum absolute atomic E-state index is 0.00868. The van der Waals surface area contributed by atoms with Gasteiger partial charge < -0.3 is 10.4 Å². The molecule has 0 bridgehead atoms. The van der Waals surface area contributed by atoms with Gasteiger partial charge in [-0.25, -0.2) is 4.99 Å². The second-order valence-corrected chi connectivity index (χ2v) is 9.11. The van der Waals surface area contributed by atoms with Crippen molar-refractivity contribution in [3.05, 3.63) is 50.4 Å². The fourth-order valence-corrected chi connectivity index (χ4v) is 4.89. The van der Waals surface area contributed by atoms with E-state index >= 15 is 0 Å². The number of amidine groups is 1. The highest BCUT2D eigenvalue weighted by Gasteiger charge is 2.35. The van der Waals surface area contributed by atoms with Crippen LogP contribution in [0.5, 0.6) is 5.75 Å². The molecule has 1 atom stereocenters. The second kappa shape index (κ2) is 9.66. The molecule has 2 N–H and O–H groups in total. The van der Waals surface area contributed by atoms with E-state index in [0.29, 0.717) is 33.1 Å². The zero-order valence-electron chi connectivity index (χ0n) is 15.5. The molecular formula is C19H15Cl4N3O3S. The summed E-state index contributed by atoms with van der Waals surface area (Å²) in [7, 11) is 0. The predicted molar refractivity (Wildman–Crippen MR) is 124 cm³/mol. The average molecular weight is 507 g/mol. The molecule has 0 aromatic heterocycles. The maximum absolute atomic E-state index is 12.8. The maximum atomic E-state index is 12.8. The Morgan fingerprint density at radius 3 is 2.33 bits per heavy atom. The van der Waals surface area contributed by atoms with Crippen LogP contribution in [0.3, 0.4) is 0 Å². The van der Waals surface area contributed by atoms with E-state index in [9.17, 15) is 14.7 Å². The summed E-state index contributed by atoms with van der Waals surface area (Å²) < 4.78 is 0. The molecule has 0 spiro atoms. The number of nitrogens with one attached hydrogen (secondary N) is 1. The third-order valence-corrected chi connectivity index (χ3v) is 6.31. The monoisotopic (exact) mass is 505 g/mol. The third kappa shape index (κ3) is 5.34. The fraction of sp³-hybridized carbons (Fsp3) is 0.211. The number of rotatable bonds is 4. The Balaban J connectivity index is 1.86. The molecule has 2 amide bonds. The van der Waals surface area contributed by atoms with Gasteiger partial charge >= 0.3 is 0 Å². The first-order chi connectivity index (χ1) is 14.2. The number of nitrogens with zero attached hydrogens (tertiary/aromatic N) is 2. The van der Waals surface area contributed by atoms with E-state index in [0.717, 1.165) is 11.8 Å². The summed E-state index contributed by atoms with van der Waals surface area (Å²) in [5.74, 6) is -0.869. The lowest BCUT2D eigenvalue weighted by Gasteiger charge is -2.31. The highest BCUT2D eigenvalue weighted by Crippen LogP contribution is 2.37. The average Bonchev–Trinajstić information content (AvgIpc) is 2.65. The standard InChI is InChI=1S/C19H15Cl4N3O3S/c1-2-26-16(27)8-15(18(29)24-11-4-9(20)3-10(21)5-11)30-19(26)25-12-6-13(22)17(28)14(23)7-12/h3-7,15,28H,2,8H2,1H3,(H,24,29). The van der Waals surface area contributed by atoms with E-state index in [1.54, 1.807) is 25.1 Å². The summed E-state index contributed by atoms with van der Waals surface area (Å²) >= 11 is 25.0. The van der Waals surface area contributed by atoms with Crippen molar-refractivity contribution < 1.29 is 14.7 Å². The van der Waals surface area contributed by atoms with Crippen molar-refractivity contribution in [2.45, 2.75) is 18.6 Å². The van der Waals surface area contributed by atoms with Crippen LogP contribution in [0.15, 0.2) is 35.3 Å². The summed E-state index contributed by atoms with van der Waals surface area (Å²) in [5, 5.41) is 12.9. The minimum atomic E-state index is -0.708. The van der Waals surface area contributed by atoms with E-state index < -0.39 is 5.25 Å². The molecule has 158 valence electrons. The molecule has 2 aromatic rings. The largest absolute Gasteiger partial charge is 0.505 e. The number of thioether (sulfide) groups is 1. The summed E-state index contributed by atoms with van der Waals surface area (Å²) in [6.45, 7) is 2.18. The zero-order valence-corrected chi connectivity index (χ0v) is 19.3. The molecule has 6 nitrogen and oxygen atoms in total. The van der Waals surface area contributed by atoms with Crippen molar-refractivity contribution in [3.8, 4) is 5.75 Å². The molecule has 1 aliphatic rings. The van der Waals surface area contributed by atoms with E-state index in [-0.39, 0.29) is 34.0 Å². The highest BCUT2D eigenvalue weighted by molar-refractivity contribution is 8.15. The molecule has 1 fully saturated rings. The molecule has 1 heterocycles. The number of aromatic hydroxyl groups is 1. The zero-order chi connectivity index (χ0) is 22.0. The lowest BCUT2D eigenvalue weighted by molar-refractivity contribution is -0.129. The molecule has 1 unspecified atom stereocenters. The van der Waals surface area contributed by atoms with E-state index in [1.807, 2.05) is 0 Å². The molecule has 2 aromatic carbocycles. The SMILES string of the molecule is CCN1C(=O)CC(C(=O)Nc2cc(Cl)cc(Cl)c2)SC1=Nc1cc(Cl)c(O)c(Cl)c1. The van der Waals surface area contributed by atoms with Gasteiger partial charge in [0.25, 0.3) is 0 Å². The van der Waals surface area contributed by atoms with Gasteiger partial charge in [-0.15, -0.1) is 0 Å². The molecular weight excluding hydrogens is 492 g/mol. The van der Waals surface area contributed by atoms with Gasteiger partial charge in [-0.05, 0) is 37.3 Å². The van der Waals surface area contributed by atoms with Gasteiger partial charge in [0.05, 0.1) is 15.7 Å². The Bertz CT molecular complexity index is 1000. The third-order valence-electron chi connectivity index (χ3n) is 4.10. The van der Waals surface area contributed by atoms with Crippen LogP contribution in [0.1, 0.15) is 13.3 Å². The molecule has 0 radical (unpaired) electrons. The summed E-state index contributed by atoms with van der Waals surface area (Å²) in [4.78, 5) is 31.3. The highest BCUT2D eigenvalue weighted by atomic mass is 35.5. The number of amides is 2. The molecule has 3 rings (SSSR count). The summed E-state index contributed by atoms with van der Waals surface area (Å²) in [6.07, 6.45) is 0.00868. The first kappa shape index (κ1) is 23.0. The number of benzene rings is 2. The Kier molecular flexibility index (Phi) is 7.42. The van der Waals surface area contributed by atoms with E-state index in [1.165, 1.54) is 17.0 Å². The molecule has 0 saturated carbocycles. The fourth-order valence-electron chi connectivity index (χ4n) is 2.73. The Labute approximate surface area is 197 Å². The van der Waals surface area contributed by atoms with Crippen molar-refractivity contribution in [1.82, 2.24) is 4.90 Å². The van der Waals surface area contributed by atoms with Gasteiger partial charge in [0, 0.05) is 28.7 Å². The number of phenols is 1. The van der Waals surface area contributed by atoms with Crippen LogP contribution in [-0.4, -0.2) is 38.8 Å². The number of phenolic OH excluding ortho intramolecular Hbond substituents is 1. The number of carbonyl (C=O) groups is 2. The second-order valence-electron chi connectivity index (χ2n) is 6.25. The number of hydrogen-bond donors (Lipinski definition) is 2. The topological polar surface area (TPSA) is 82.0 Å². The van der Waals surface area contributed by atoms with Gasteiger partial charge in [-0.2, -0.15) is 0 Å². The van der Waals surface area contributed by atoms with Crippen LogP contribution < -0.4 is 5.32 Å². The normalized spacial score (nSPS) is 18.0. The van der Waals surface area contributed by atoms with Crippen molar-refractivity contribution in [2.75, 3.05) is 11.9 Å². The molecule has 1 saturated heterocycles. The number of aliphatic imine (C=N–C) groups is 1. The summed E-state index contributed by atoms with van der Waals surface area (Å²) in [5.41, 5.74) is 0.776. The Morgan fingerprint density at radius 2 is 1.77 bits per heavy atom. The first-order valence-electron chi connectivity index (χ1n) is 8.68. The summed E-state index contributed by atoms with van der Waals surface area (Å²) in [6, 6.07) is 7.52. The first-order valence-corrected chi connectivity index (χ1v) is 11.1. The van der Waals surface area contributed by atoms with Crippen LogP contribution in [0.4, 0.5) is 11.4 Å².